The maximum Gasteiger partial charge on any atom is 0.335 e. The molecule has 1 N–H and O–H groups in total. The number of carbonyl (C=O) groups is 1. The van der Waals surface area contributed by atoms with E-state index in [1.165, 1.54) is 63.9 Å². The summed E-state index contributed by atoms with van der Waals surface area (Å²) in [7, 11) is 0. The number of aliphatic hydroxyl groups excluding tert-OH is 1. The van der Waals surface area contributed by atoms with Gasteiger partial charge in [0.2, 0.25) is 0 Å². The number of allylic oxidation sites excluding steroid dienone is 1. The number of hydrogen-bond donors (Lipinski definition) is 1. The van der Waals surface area contributed by atoms with Crippen molar-refractivity contribution in [3.05, 3.63) is 11.1 Å². The molecule has 0 aromatic rings. The van der Waals surface area contributed by atoms with Gasteiger partial charge in [0.15, 0.2) is 6.29 Å². The molecule has 0 radical (unpaired) electrons. The predicted octanol–water partition coefficient (Wildman–Crippen LogP) is 3.56. The number of hydrogen-bond acceptors (Lipinski definition) is 3. The second-order valence-corrected chi connectivity index (χ2v) is 6.05. The van der Waals surface area contributed by atoms with Crippen molar-refractivity contribution < 1.29 is 14.6 Å². The van der Waals surface area contributed by atoms with E-state index in [1.807, 2.05) is 6.92 Å². The molecule has 1 unspecified atom stereocenters. The highest BCUT2D eigenvalue weighted by atomic mass is 16.6. The second-order valence-electron chi connectivity index (χ2n) is 6.05. The molecule has 3 heteroatoms. The van der Waals surface area contributed by atoms with Gasteiger partial charge in [0.1, 0.15) is 0 Å². The van der Waals surface area contributed by atoms with Gasteiger partial charge in [-0.05, 0) is 51.4 Å². The highest BCUT2D eigenvalue weighted by Gasteiger charge is 2.31. The summed E-state index contributed by atoms with van der Waals surface area (Å²) in [6.07, 6.45) is 8.95. The van der Waals surface area contributed by atoms with Gasteiger partial charge in [0, 0.05) is 5.57 Å². The van der Waals surface area contributed by atoms with Crippen LogP contribution in [0.2, 0.25) is 0 Å². The van der Waals surface area contributed by atoms with E-state index in [0.29, 0.717) is 11.8 Å². The Kier molecular flexibility index (Phi) is 5.03. The van der Waals surface area contributed by atoms with Gasteiger partial charge in [-0.25, -0.2) is 4.79 Å². The van der Waals surface area contributed by atoms with E-state index in [2.05, 4.69) is 0 Å². The molecule has 2 aliphatic rings. The first-order chi connectivity index (χ1) is 9.09. The van der Waals surface area contributed by atoms with Gasteiger partial charge in [-0.1, -0.05) is 31.3 Å². The third-order valence-electron chi connectivity index (χ3n) is 4.61. The van der Waals surface area contributed by atoms with E-state index in [1.54, 1.807) is 0 Å². The molecule has 2 aliphatic carbocycles. The Morgan fingerprint density at radius 2 is 1.47 bits per heavy atom. The van der Waals surface area contributed by atoms with Crippen LogP contribution in [-0.2, 0) is 9.53 Å². The predicted molar refractivity (Wildman–Crippen MR) is 74.4 cm³/mol. The molecule has 2 fully saturated rings. The first kappa shape index (κ1) is 14.6. The van der Waals surface area contributed by atoms with E-state index in [4.69, 9.17) is 4.74 Å². The average Bonchev–Trinajstić information content (AvgIpc) is 3.00. The maximum absolute atomic E-state index is 12.1. The first-order valence-electron chi connectivity index (χ1n) is 7.69. The van der Waals surface area contributed by atoms with Crippen molar-refractivity contribution in [1.82, 2.24) is 0 Å². The largest absolute Gasteiger partial charge is 0.433 e. The molecular weight excluding hydrogens is 240 g/mol. The minimum Gasteiger partial charge on any atom is -0.433 e. The highest BCUT2D eigenvalue weighted by molar-refractivity contribution is 5.89. The summed E-state index contributed by atoms with van der Waals surface area (Å²) in [4.78, 5) is 12.1. The van der Waals surface area contributed by atoms with Gasteiger partial charge in [0.25, 0.3) is 0 Å². The molecule has 0 saturated heterocycles. The molecule has 0 aromatic heterocycles. The van der Waals surface area contributed by atoms with Crippen LogP contribution < -0.4 is 0 Å². The van der Waals surface area contributed by atoms with Crippen LogP contribution in [0.3, 0.4) is 0 Å². The standard InChI is InChI=1S/C16H26O3/c1-11(16(18)19-12(2)17)15(13-7-3-4-8-13)14-9-5-6-10-14/h12-14,17H,3-10H2,1-2H3. The lowest BCUT2D eigenvalue weighted by atomic mass is 9.82. The highest BCUT2D eigenvalue weighted by Crippen LogP contribution is 2.42. The van der Waals surface area contributed by atoms with Crippen molar-refractivity contribution >= 4 is 5.97 Å². The van der Waals surface area contributed by atoms with Gasteiger partial charge in [-0.2, -0.15) is 0 Å². The minimum atomic E-state index is -1.02. The zero-order chi connectivity index (χ0) is 13.8. The second kappa shape index (κ2) is 6.56. The zero-order valence-corrected chi connectivity index (χ0v) is 12.2. The van der Waals surface area contributed by atoms with Crippen molar-refractivity contribution in [3.8, 4) is 0 Å². The maximum atomic E-state index is 12.1. The van der Waals surface area contributed by atoms with Crippen molar-refractivity contribution in [2.45, 2.75) is 71.5 Å². The molecule has 0 aliphatic heterocycles. The van der Waals surface area contributed by atoms with Gasteiger partial charge in [-0.3, -0.25) is 0 Å². The summed E-state index contributed by atoms with van der Waals surface area (Å²) in [5, 5.41) is 9.22. The lowest BCUT2D eigenvalue weighted by molar-refractivity contribution is -0.159. The Balaban J connectivity index is 2.20. The first-order valence-corrected chi connectivity index (χ1v) is 7.69. The van der Waals surface area contributed by atoms with E-state index in [0.717, 1.165) is 5.57 Å². The number of aliphatic hydroxyl groups is 1. The Hall–Kier alpha value is -0.830. The van der Waals surface area contributed by atoms with Crippen LogP contribution in [0.5, 0.6) is 0 Å². The topological polar surface area (TPSA) is 46.5 Å². The molecule has 2 saturated carbocycles. The van der Waals surface area contributed by atoms with Crippen LogP contribution in [0.25, 0.3) is 0 Å². The molecule has 0 bridgehead atoms. The summed E-state index contributed by atoms with van der Waals surface area (Å²) >= 11 is 0. The molecule has 2 rings (SSSR count). The molecular formula is C16H26O3. The minimum absolute atomic E-state index is 0.330. The lowest BCUT2D eigenvalue weighted by Crippen LogP contribution is -2.20. The van der Waals surface area contributed by atoms with E-state index in [9.17, 15) is 9.90 Å². The summed E-state index contributed by atoms with van der Waals surface area (Å²) in [6.45, 7) is 3.37. The normalized spacial score (nSPS) is 22.5. The van der Waals surface area contributed by atoms with Crippen LogP contribution in [0, 0.1) is 11.8 Å². The fraction of sp³-hybridized carbons (Fsp3) is 0.812. The molecule has 108 valence electrons. The summed E-state index contributed by atoms with van der Waals surface area (Å²) < 4.78 is 4.97. The molecule has 19 heavy (non-hydrogen) atoms. The quantitative estimate of drug-likeness (QED) is 0.481. The van der Waals surface area contributed by atoms with Gasteiger partial charge >= 0.3 is 5.97 Å². The average molecular weight is 266 g/mol. The fourth-order valence-electron chi connectivity index (χ4n) is 3.78. The van der Waals surface area contributed by atoms with Crippen LogP contribution in [0.1, 0.15) is 65.2 Å². The van der Waals surface area contributed by atoms with Gasteiger partial charge in [-0.15, -0.1) is 0 Å². The SMILES string of the molecule is CC(C(=O)OC(C)O)=C(C1CCCC1)C1CCCC1. The van der Waals surface area contributed by atoms with Crippen molar-refractivity contribution in [3.63, 3.8) is 0 Å². The number of rotatable bonds is 4. The van der Waals surface area contributed by atoms with E-state index < -0.39 is 6.29 Å². The lowest BCUT2D eigenvalue weighted by Gasteiger charge is -2.24. The van der Waals surface area contributed by atoms with Gasteiger partial charge in [0.05, 0.1) is 0 Å². The molecule has 0 spiro atoms. The van der Waals surface area contributed by atoms with E-state index in [-0.39, 0.29) is 5.97 Å². The van der Waals surface area contributed by atoms with E-state index >= 15 is 0 Å². The molecule has 0 amide bonds. The third kappa shape index (κ3) is 3.59. The third-order valence-corrected chi connectivity index (χ3v) is 4.61. The van der Waals surface area contributed by atoms with Crippen LogP contribution >= 0.6 is 0 Å². The van der Waals surface area contributed by atoms with Crippen molar-refractivity contribution in [1.29, 1.82) is 0 Å². The van der Waals surface area contributed by atoms with Crippen LogP contribution in [0.4, 0.5) is 0 Å². The monoisotopic (exact) mass is 266 g/mol. The summed E-state index contributed by atoms with van der Waals surface area (Å²) in [5.74, 6) is 0.818. The summed E-state index contributed by atoms with van der Waals surface area (Å²) in [5.41, 5.74) is 2.11. The molecule has 0 heterocycles. The smallest absolute Gasteiger partial charge is 0.335 e. The van der Waals surface area contributed by atoms with Crippen LogP contribution in [-0.4, -0.2) is 17.4 Å². The van der Waals surface area contributed by atoms with Crippen LogP contribution in [0.15, 0.2) is 11.1 Å². The summed E-state index contributed by atoms with van der Waals surface area (Å²) in [6, 6.07) is 0. The number of ether oxygens (including phenoxy) is 1. The zero-order valence-electron chi connectivity index (χ0n) is 12.2. The molecule has 0 aromatic carbocycles. The Morgan fingerprint density at radius 1 is 1.05 bits per heavy atom. The molecule has 1 atom stereocenters. The number of esters is 1. The van der Waals surface area contributed by atoms with Crippen molar-refractivity contribution in [2.75, 3.05) is 0 Å². The Labute approximate surface area is 116 Å². The number of carbonyl (C=O) groups excluding carboxylic acids is 1. The Bertz CT molecular complexity index is 327. The van der Waals surface area contributed by atoms with Gasteiger partial charge < -0.3 is 9.84 Å². The fourth-order valence-corrected chi connectivity index (χ4v) is 3.78. The van der Waals surface area contributed by atoms with Crippen molar-refractivity contribution in [2.24, 2.45) is 11.8 Å². The Morgan fingerprint density at radius 3 is 1.84 bits per heavy atom. The molecule has 3 nitrogen and oxygen atoms in total.